The van der Waals surface area contributed by atoms with E-state index in [4.69, 9.17) is 15.3 Å². The van der Waals surface area contributed by atoms with Crippen LogP contribution >= 0.6 is 15.9 Å². The Kier molecular flexibility index (Phi) is 44.0. The molecule has 0 aliphatic heterocycles. The fourth-order valence-corrected chi connectivity index (χ4v) is 2.79. The highest BCUT2D eigenvalue weighted by Crippen LogP contribution is 2.12. The van der Waals surface area contributed by atoms with Gasteiger partial charge in [0.25, 0.3) is 0 Å². The van der Waals surface area contributed by atoms with Crippen molar-refractivity contribution >= 4 is 15.9 Å². The molecule has 0 fully saturated rings. The Morgan fingerprint density at radius 2 is 0.926 bits per heavy atom. The van der Waals surface area contributed by atoms with Crippen molar-refractivity contribution in [1.29, 1.82) is 0 Å². The first-order chi connectivity index (χ1) is 13.2. The second-order valence-corrected chi connectivity index (χ2v) is 7.60. The van der Waals surface area contributed by atoms with E-state index in [1.807, 2.05) is 0 Å². The van der Waals surface area contributed by atoms with Gasteiger partial charge in [-0.25, -0.2) is 0 Å². The first-order valence-corrected chi connectivity index (χ1v) is 12.2. The summed E-state index contributed by atoms with van der Waals surface area (Å²) in [5.74, 6) is 0. The van der Waals surface area contributed by atoms with Crippen molar-refractivity contribution in [1.82, 2.24) is 0 Å². The summed E-state index contributed by atoms with van der Waals surface area (Å²) in [6.45, 7) is 3.37. The number of alkyl halides is 1. The molecule has 0 saturated carbocycles. The topological polar surface area (TPSA) is 69.9 Å². The summed E-state index contributed by atoms with van der Waals surface area (Å²) in [7, 11) is 1.62. The molecule has 0 atom stereocenters. The monoisotopic (exact) mass is 456 g/mol. The van der Waals surface area contributed by atoms with E-state index >= 15 is 0 Å². The van der Waals surface area contributed by atoms with E-state index in [0.717, 1.165) is 6.42 Å². The minimum absolute atomic E-state index is 0.0938. The number of hydrogen-bond acceptors (Lipinski definition) is 4. The lowest BCUT2D eigenvalue weighted by atomic mass is 10.1. The molecule has 4 nitrogen and oxygen atoms in total. The molecule has 168 valence electrons. The highest BCUT2D eigenvalue weighted by Gasteiger charge is 1.93. The van der Waals surface area contributed by atoms with E-state index in [1.54, 1.807) is 7.11 Å². The van der Waals surface area contributed by atoms with Crippen LogP contribution in [0, 0.1) is 0 Å². The average Bonchev–Trinajstić information content (AvgIpc) is 2.69. The number of methoxy groups -OCH3 is 1. The number of hydrogen-bond donors (Lipinski definition) is 3. The molecule has 0 heterocycles. The molecule has 0 amide bonds. The summed E-state index contributed by atoms with van der Waals surface area (Å²) in [4.78, 5) is 0. The number of unbranched alkanes of at least 4 members (excludes halogenated alkanes) is 12. The Bertz CT molecular complexity index is 187. The summed E-state index contributed by atoms with van der Waals surface area (Å²) < 4.78 is 4.62. The van der Waals surface area contributed by atoms with Crippen molar-refractivity contribution in [3.05, 3.63) is 0 Å². The predicted octanol–water partition coefficient (Wildman–Crippen LogP) is 5.85. The number of rotatable bonds is 18. The van der Waals surface area contributed by atoms with Crippen molar-refractivity contribution in [3.63, 3.8) is 0 Å². The van der Waals surface area contributed by atoms with Gasteiger partial charge in [0.1, 0.15) is 0 Å². The molecular formula is C22H49BrO4. The van der Waals surface area contributed by atoms with E-state index in [1.165, 1.54) is 88.8 Å². The molecule has 0 unspecified atom stereocenters. The van der Waals surface area contributed by atoms with Crippen LogP contribution in [0.4, 0.5) is 0 Å². The standard InChI is InChI=1S/C15H31Br.C4H10O2.C3H8O2/c1-2-3-4-5-6-7-8-9-10-11-12-13-14-15-16;1-6-4-2-3-5;4-2-1-3-5/h2-15H2,1H3;5H,2-4H2,1H3;4-5H,1-3H2. The highest BCUT2D eigenvalue weighted by atomic mass is 79.9. The lowest BCUT2D eigenvalue weighted by Crippen LogP contribution is -1.90. The summed E-state index contributed by atoms with van der Waals surface area (Å²) in [6, 6.07) is 0. The molecule has 5 heteroatoms. The molecule has 0 radical (unpaired) electrons. The first-order valence-electron chi connectivity index (χ1n) is 11.1. The third-order valence-corrected chi connectivity index (χ3v) is 4.62. The summed E-state index contributed by atoms with van der Waals surface area (Å²) >= 11 is 3.48. The molecule has 0 aromatic heterocycles. The van der Waals surface area contributed by atoms with Gasteiger partial charge in [-0.2, -0.15) is 0 Å². The molecule has 0 rings (SSSR count). The SMILES string of the molecule is CCCCCCCCCCCCCCCBr.COCCCO.OCCCO. The maximum atomic E-state index is 8.12. The number of aliphatic hydroxyl groups excluding tert-OH is 3. The zero-order chi connectivity index (χ0) is 20.8. The van der Waals surface area contributed by atoms with Crippen molar-refractivity contribution in [2.24, 2.45) is 0 Å². The smallest absolute Gasteiger partial charge is 0.0484 e. The van der Waals surface area contributed by atoms with Crippen LogP contribution in [-0.4, -0.2) is 54.2 Å². The van der Waals surface area contributed by atoms with Gasteiger partial charge in [-0.15, -0.1) is 0 Å². The van der Waals surface area contributed by atoms with Crippen LogP contribution in [0.15, 0.2) is 0 Å². The second kappa shape index (κ2) is 37.1. The maximum Gasteiger partial charge on any atom is 0.0484 e. The van der Waals surface area contributed by atoms with E-state index in [0.29, 0.717) is 13.0 Å². The fraction of sp³-hybridized carbons (Fsp3) is 1.00. The Hall–Kier alpha value is 0.320. The van der Waals surface area contributed by atoms with Gasteiger partial charge in [0.15, 0.2) is 0 Å². The van der Waals surface area contributed by atoms with Gasteiger partial charge in [-0.3, -0.25) is 0 Å². The third kappa shape index (κ3) is 46.4. The first kappa shape index (κ1) is 32.0. The molecule has 0 aliphatic rings. The van der Waals surface area contributed by atoms with E-state index in [-0.39, 0.29) is 19.8 Å². The molecule has 0 aromatic rings. The summed E-state index contributed by atoms with van der Waals surface area (Å²) in [5.41, 5.74) is 0. The molecule has 27 heavy (non-hydrogen) atoms. The van der Waals surface area contributed by atoms with Crippen LogP contribution in [0.3, 0.4) is 0 Å². The van der Waals surface area contributed by atoms with Crippen LogP contribution < -0.4 is 0 Å². The maximum absolute atomic E-state index is 8.12. The summed E-state index contributed by atoms with van der Waals surface area (Å²) in [5, 5.41) is 25.1. The van der Waals surface area contributed by atoms with Gasteiger partial charge in [-0.05, 0) is 19.3 Å². The van der Waals surface area contributed by atoms with Crippen LogP contribution in [-0.2, 0) is 4.74 Å². The van der Waals surface area contributed by atoms with Gasteiger partial charge in [0, 0.05) is 38.9 Å². The van der Waals surface area contributed by atoms with Crippen molar-refractivity contribution in [2.75, 3.05) is 38.9 Å². The van der Waals surface area contributed by atoms with Gasteiger partial charge in [-0.1, -0.05) is 99.9 Å². The van der Waals surface area contributed by atoms with Crippen LogP contribution in [0.25, 0.3) is 0 Å². The molecule has 3 N–H and O–H groups in total. The second-order valence-electron chi connectivity index (χ2n) is 6.80. The normalized spacial score (nSPS) is 10.0. The minimum atomic E-state index is 0.0938. The zero-order valence-electron chi connectivity index (χ0n) is 18.3. The molecule has 0 spiro atoms. The van der Waals surface area contributed by atoms with Crippen LogP contribution in [0.2, 0.25) is 0 Å². The van der Waals surface area contributed by atoms with E-state index in [2.05, 4.69) is 27.6 Å². The van der Waals surface area contributed by atoms with Crippen molar-refractivity contribution < 1.29 is 20.1 Å². The van der Waals surface area contributed by atoms with Gasteiger partial charge in [0.2, 0.25) is 0 Å². The van der Waals surface area contributed by atoms with Crippen molar-refractivity contribution in [3.8, 4) is 0 Å². The molecule has 0 bridgehead atoms. The summed E-state index contributed by atoms with van der Waals surface area (Å²) in [6.07, 6.45) is 20.0. The van der Waals surface area contributed by atoms with Gasteiger partial charge >= 0.3 is 0 Å². The quantitative estimate of drug-likeness (QED) is 0.178. The number of halogens is 1. The van der Waals surface area contributed by atoms with Crippen molar-refractivity contribution in [2.45, 2.75) is 103 Å². The molecule has 0 saturated heterocycles. The average molecular weight is 458 g/mol. The minimum Gasteiger partial charge on any atom is -0.396 e. The Labute approximate surface area is 178 Å². The van der Waals surface area contributed by atoms with Gasteiger partial charge < -0.3 is 20.1 Å². The van der Waals surface area contributed by atoms with E-state index in [9.17, 15) is 0 Å². The molecule has 0 aliphatic carbocycles. The van der Waals surface area contributed by atoms with E-state index < -0.39 is 0 Å². The molecule has 0 aromatic carbocycles. The predicted molar refractivity (Wildman–Crippen MR) is 122 cm³/mol. The Morgan fingerprint density at radius 1 is 0.556 bits per heavy atom. The Morgan fingerprint density at radius 3 is 1.15 bits per heavy atom. The molecular weight excluding hydrogens is 408 g/mol. The van der Waals surface area contributed by atoms with Crippen LogP contribution in [0.5, 0.6) is 0 Å². The largest absolute Gasteiger partial charge is 0.396 e. The number of aliphatic hydroxyl groups is 3. The van der Waals surface area contributed by atoms with Gasteiger partial charge in [0.05, 0.1) is 0 Å². The Balaban J connectivity index is -0.000000428. The highest BCUT2D eigenvalue weighted by molar-refractivity contribution is 9.09. The lowest BCUT2D eigenvalue weighted by molar-refractivity contribution is 0.166. The van der Waals surface area contributed by atoms with Crippen LogP contribution in [0.1, 0.15) is 103 Å². The fourth-order valence-electron chi connectivity index (χ4n) is 2.39. The lowest BCUT2D eigenvalue weighted by Gasteiger charge is -2.02. The zero-order valence-corrected chi connectivity index (χ0v) is 19.9. The number of ether oxygens (including phenoxy) is 1. The third-order valence-electron chi connectivity index (χ3n) is 4.06.